The molecule has 15 heavy (non-hydrogen) atoms. The van der Waals surface area contributed by atoms with E-state index in [1.54, 1.807) is 18.2 Å². The lowest BCUT2D eigenvalue weighted by atomic mass is 10.1. The average molecular weight is 315 g/mol. The molecule has 1 aliphatic heterocycles. The first-order chi connectivity index (χ1) is 7.09. The first kappa shape index (κ1) is 10.2. The van der Waals surface area contributed by atoms with Gasteiger partial charge < -0.3 is 4.74 Å². The maximum Gasteiger partial charge on any atom is 0.283 e. The Morgan fingerprint density at radius 3 is 2.80 bits per heavy atom. The Labute approximate surface area is 99.5 Å². The summed E-state index contributed by atoms with van der Waals surface area (Å²) in [6.45, 7) is 3.65. The van der Waals surface area contributed by atoms with E-state index in [-0.39, 0.29) is 5.69 Å². The summed E-state index contributed by atoms with van der Waals surface area (Å²) in [5.74, 6) is 1.14. The number of fused-ring (bicyclic) bond motifs is 1. The molecule has 0 saturated carbocycles. The Balaban J connectivity index is 2.62. The van der Waals surface area contributed by atoms with Gasteiger partial charge in [-0.25, -0.2) is 0 Å². The van der Waals surface area contributed by atoms with Crippen molar-refractivity contribution >= 4 is 34.4 Å². The van der Waals surface area contributed by atoms with Crippen LogP contribution in [0.1, 0.15) is 5.56 Å². The van der Waals surface area contributed by atoms with Gasteiger partial charge in [-0.1, -0.05) is 6.58 Å². The number of allylic oxidation sites excluding steroid dienone is 1. The Hall–Kier alpha value is -1.37. The first-order valence-corrected chi connectivity index (χ1v) is 5.19. The van der Waals surface area contributed by atoms with Crippen molar-refractivity contribution in [2.75, 3.05) is 0 Å². The minimum atomic E-state index is -0.403. The van der Waals surface area contributed by atoms with E-state index in [0.29, 0.717) is 15.1 Å². The molecule has 5 heteroatoms. The number of hydrogen-bond donors (Lipinski definition) is 0. The SMILES string of the molecule is C=C1C=Cc2c(ccc([N+](=O)[O-])c2I)O1. The van der Waals surface area contributed by atoms with Crippen molar-refractivity contribution in [1.29, 1.82) is 0 Å². The Bertz CT molecular complexity index is 494. The molecule has 4 nitrogen and oxygen atoms in total. The monoisotopic (exact) mass is 315 g/mol. The van der Waals surface area contributed by atoms with Crippen molar-refractivity contribution in [1.82, 2.24) is 0 Å². The third-order valence-electron chi connectivity index (χ3n) is 1.99. The van der Waals surface area contributed by atoms with Crippen molar-refractivity contribution in [2.24, 2.45) is 0 Å². The summed E-state index contributed by atoms with van der Waals surface area (Å²) >= 11 is 1.94. The van der Waals surface area contributed by atoms with Crippen LogP contribution in [0.15, 0.2) is 30.5 Å². The molecule has 0 amide bonds. The fourth-order valence-electron chi connectivity index (χ4n) is 1.30. The molecule has 0 aromatic heterocycles. The molecule has 0 saturated heterocycles. The van der Waals surface area contributed by atoms with Crippen molar-refractivity contribution < 1.29 is 9.66 Å². The zero-order valence-electron chi connectivity index (χ0n) is 7.57. The minimum Gasteiger partial charge on any atom is -0.457 e. The highest BCUT2D eigenvalue weighted by molar-refractivity contribution is 14.1. The van der Waals surface area contributed by atoms with Crippen LogP contribution >= 0.6 is 22.6 Å². The zero-order valence-corrected chi connectivity index (χ0v) is 9.72. The highest BCUT2D eigenvalue weighted by Gasteiger charge is 2.20. The predicted molar refractivity (Wildman–Crippen MR) is 64.6 cm³/mol. The van der Waals surface area contributed by atoms with Crippen molar-refractivity contribution in [2.45, 2.75) is 0 Å². The fraction of sp³-hybridized carbons (Fsp3) is 0. The lowest BCUT2D eigenvalue weighted by Gasteiger charge is -2.14. The third kappa shape index (κ3) is 1.74. The standard InChI is InChI=1S/C10H6INO3/c1-6-2-3-7-9(15-6)5-4-8(10(7)11)12(13)14/h2-5H,1H2. The summed E-state index contributed by atoms with van der Waals surface area (Å²) in [5, 5.41) is 10.7. The van der Waals surface area contributed by atoms with Crippen LogP contribution in [0.25, 0.3) is 6.08 Å². The number of nitro benzene ring substituents is 1. The molecular weight excluding hydrogens is 309 g/mol. The number of hydrogen-bond acceptors (Lipinski definition) is 3. The number of nitrogens with zero attached hydrogens (tertiary/aromatic N) is 1. The Kier molecular flexibility index (Phi) is 2.47. The Morgan fingerprint density at radius 2 is 2.13 bits per heavy atom. The van der Waals surface area contributed by atoms with Crippen molar-refractivity contribution in [3.63, 3.8) is 0 Å². The quantitative estimate of drug-likeness (QED) is 0.454. The molecule has 0 fully saturated rings. The van der Waals surface area contributed by atoms with Crippen LogP contribution in [0.4, 0.5) is 5.69 Å². The number of nitro groups is 1. The summed E-state index contributed by atoms with van der Waals surface area (Å²) in [7, 11) is 0. The van der Waals surface area contributed by atoms with Crippen LogP contribution in [-0.4, -0.2) is 4.92 Å². The van der Waals surface area contributed by atoms with Gasteiger partial charge >= 0.3 is 0 Å². The number of halogens is 1. The topological polar surface area (TPSA) is 52.4 Å². The van der Waals surface area contributed by atoms with Gasteiger partial charge in [-0.15, -0.1) is 0 Å². The largest absolute Gasteiger partial charge is 0.457 e. The zero-order chi connectivity index (χ0) is 11.0. The number of rotatable bonds is 1. The second-order valence-electron chi connectivity index (χ2n) is 2.97. The third-order valence-corrected chi connectivity index (χ3v) is 3.13. The van der Waals surface area contributed by atoms with E-state index < -0.39 is 4.92 Å². The molecule has 0 bridgehead atoms. The van der Waals surface area contributed by atoms with Crippen molar-refractivity contribution in [3.8, 4) is 5.75 Å². The van der Waals surface area contributed by atoms with Crippen LogP contribution in [0.3, 0.4) is 0 Å². The lowest BCUT2D eigenvalue weighted by Crippen LogP contribution is -2.01. The van der Waals surface area contributed by atoms with Crippen molar-refractivity contribution in [3.05, 3.63) is 49.8 Å². The first-order valence-electron chi connectivity index (χ1n) is 4.11. The van der Waals surface area contributed by atoms with E-state index in [2.05, 4.69) is 6.58 Å². The fourth-order valence-corrected chi connectivity index (χ4v) is 2.12. The average Bonchev–Trinajstić information content (AvgIpc) is 2.17. The summed E-state index contributed by atoms with van der Waals surface area (Å²) in [6.07, 6.45) is 3.46. The summed E-state index contributed by atoms with van der Waals surface area (Å²) in [4.78, 5) is 10.3. The molecule has 0 spiro atoms. The van der Waals surface area contributed by atoms with Gasteiger partial charge in [0.2, 0.25) is 0 Å². The summed E-state index contributed by atoms with van der Waals surface area (Å²) in [6, 6.07) is 3.03. The van der Waals surface area contributed by atoms with Gasteiger partial charge in [0.05, 0.1) is 4.92 Å². The van der Waals surface area contributed by atoms with E-state index in [0.717, 1.165) is 5.56 Å². The lowest BCUT2D eigenvalue weighted by molar-refractivity contribution is -0.385. The van der Waals surface area contributed by atoms with Crippen LogP contribution in [0, 0.1) is 13.7 Å². The number of ether oxygens (including phenoxy) is 1. The molecule has 0 radical (unpaired) electrons. The maximum absolute atomic E-state index is 10.7. The van der Waals surface area contributed by atoms with Gasteiger partial charge in [0.15, 0.2) is 0 Å². The second kappa shape index (κ2) is 3.65. The van der Waals surface area contributed by atoms with Crippen LogP contribution in [-0.2, 0) is 0 Å². The van der Waals surface area contributed by atoms with Gasteiger partial charge in [-0.3, -0.25) is 10.1 Å². The molecule has 1 aromatic rings. The maximum atomic E-state index is 10.7. The molecule has 1 heterocycles. The molecule has 0 unspecified atom stereocenters. The van der Waals surface area contributed by atoms with Gasteiger partial charge in [0, 0.05) is 11.6 Å². The molecule has 0 aliphatic carbocycles. The van der Waals surface area contributed by atoms with E-state index in [4.69, 9.17) is 4.74 Å². The molecular formula is C10H6INO3. The molecule has 0 atom stereocenters. The molecule has 2 rings (SSSR count). The molecule has 0 N–H and O–H groups in total. The van der Waals surface area contributed by atoms with Gasteiger partial charge in [0.1, 0.15) is 15.1 Å². The highest BCUT2D eigenvalue weighted by atomic mass is 127. The van der Waals surface area contributed by atoms with Gasteiger partial charge in [-0.2, -0.15) is 0 Å². The number of benzene rings is 1. The smallest absolute Gasteiger partial charge is 0.283 e. The van der Waals surface area contributed by atoms with Gasteiger partial charge in [0.25, 0.3) is 5.69 Å². The highest BCUT2D eigenvalue weighted by Crippen LogP contribution is 2.35. The van der Waals surface area contributed by atoms with Crippen LogP contribution in [0.2, 0.25) is 0 Å². The molecule has 1 aromatic carbocycles. The van der Waals surface area contributed by atoms with E-state index in [9.17, 15) is 10.1 Å². The van der Waals surface area contributed by atoms with Crippen LogP contribution in [0.5, 0.6) is 5.75 Å². The predicted octanol–water partition coefficient (Wildman–Crippen LogP) is 3.12. The summed E-state index contributed by atoms with van der Waals surface area (Å²) in [5.41, 5.74) is 0.826. The van der Waals surface area contributed by atoms with E-state index in [1.807, 2.05) is 22.6 Å². The second-order valence-corrected chi connectivity index (χ2v) is 4.05. The minimum absolute atomic E-state index is 0.0927. The normalized spacial score (nSPS) is 13.3. The molecule has 76 valence electrons. The Morgan fingerprint density at radius 1 is 1.40 bits per heavy atom. The molecule has 1 aliphatic rings. The van der Waals surface area contributed by atoms with Crippen LogP contribution < -0.4 is 4.74 Å². The summed E-state index contributed by atoms with van der Waals surface area (Å²) < 4.78 is 5.92. The van der Waals surface area contributed by atoms with Gasteiger partial charge in [-0.05, 0) is 40.8 Å². The van der Waals surface area contributed by atoms with E-state index in [1.165, 1.54) is 6.07 Å². The van der Waals surface area contributed by atoms with E-state index >= 15 is 0 Å².